The standard InChI is InChI=1S/C20H22FNO3/c21-18-11-16(20-17(12-18)13-24-14-25-20)9-10-22-19(23)8-4-7-15-5-2-1-3-6-15/h1-3,5-6,11-12H,4,7-10,13-14H2,(H,22,23). The predicted molar refractivity (Wildman–Crippen MR) is 92.8 cm³/mol. The Morgan fingerprint density at radius 3 is 2.84 bits per heavy atom. The van der Waals surface area contributed by atoms with Gasteiger partial charge in [-0.05, 0) is 42.5 Å². The minimum absolute atomic E-state index is 0.0189. The van der Waals surface area contributed by atoms with E-state index >= 15 is 0 Å². The average Bonchev–Trinajstić information content (AvgIpc) is 2.62. The molecule has 0 atom stereocenters. The summed E-state index contributed by atoms with van der Waals surface area (Å²) in [5.74, 6) is 0.397. The van der Waals surface area contributed by atoms with Crippen LogP contribution < -0.4 is 10.1 Å². The Labute approximate surface area is 147 Å². The van der Waals surface area contributed by atoms with Gasteiger partial charge in [0.25, 0.3) is 0 Å². The van der Waals surface area contributed by atoms with E-state index in [1.54, 1.807) is 0 Å². The van der Waals surface area contributed by atoms with Crippen LogP contribution in [0.5, 0.6) is 5.75 Å². The van der Waals surface area contributed by atoms with Gasteiger partial charge in [-0.15, -0.1) is 0 Å². The Morgan fingerprint density at radius 1 is 1.16 bits per heavy atom. The fourth-order valence-electron chi connectivity index (χ4n) is 2.97. The highest BCUT2D eigenvalue weighted by molar-refractivity contribution is 5.75. The van der Waals surface area contributed by atoms with Crippen LogP contribution in [0.25, 0.3) is 0 Å². The molecule has 4 nitrogen and oxygen atoms in total. The zero-order chi connectivity index (χ0) is 17.5. The zero-order valence-electron chi connectivity index (χ0n) is 14.1. The summed E-state index contributed by atoms with van der Waals surface area (Å²) in [5, 5.41) is 2.90. The van der Waals surface area contributed by atoms with Crippen molar-refractivity contribution in [2.45, 2.75) is 32.3 Å². The molecule has 0 saturated heterocycles. The van der Waals surface area contributed by atoms with Gasteiger partial charge in [-0.3, -0.25) is 4.79 Å². The number of hydrogen-bond acceptors (Lipinski definition) is 3. The van der Waals surface area contributed by atoms with Crippen LogP contribution >= 0.6 is 0 Å². The van der Waals surface area contributed by atoms with Gasteiger partial charge < -0.3 is 14.8 Å². The number of hydrogen-bond donors (Lipinski definition) is 1. The lowest BCUT2D eigenvalue weighted by atomic mass is 10.1. The lowest BCUT2D eigenvalue weighted by molar-refractivity contribution is -0.121. The van der Waals surface area contributed by atoms with Crippen LogP contribution in [0.4, 0.5) is 4.39 Å². The molecule has 5 heteroatoms. The molecule has 1 heterocycles. The fourth-order valence-corrected chi connectivity index (χ4v) is 2.97. The lowest BCUT2D eigenvalue weighted by Gasteiger charge is -2.21. The molecule has 3 rings (SSSR count). The fraction of sp³-hybridized carbons (Fsp3) is 0.350. The molecule has 25 heavy (non-hydrogen) atoms. The normalized spacial score (nSPS) is 13.0. The van der Waals surface area contributed by atoms with Gasteiger partial charge in [0.1, 0.15) is 11.6 Å². The van der Waals surface area contributed by atoms with Gasteiger partial charge in [-0.25, -0.2) is 4.39 Å². The van der Waals surface area contributed by atoms with Crippen molar-refractivity contribution in [3.05, 3.63) is 65.0 Å². The number of amides is 1. The molecular weight excluding hydrogens is 321 g/mol. The van der Waals surface area contributed by atoms with E-state index in [1.807, 2.05) is 18.2 Å². The summed E-state index contributed by atoms with van der Waals surface area (Å²) in [5.41, 5.74) is 2.72. The molecule has 0 aromatic heterocycles. The third kappa shape index (κ3) is 5.03. The lowest BCUT2D eigenvalue weighted by Crippen LogP contribution is -2.26. The van der Waals surface area contributed by atoms with Crippen molar-refractivity contribution in [2.24, 2.45) is 0 Å². The second kappa shape index (κ2) is 8.62. The van der Waals surface area contributed by atoms with Crippen LogP contribution in [-0.2, 0) is 29.0 Å². The van der Waals surface area contributed by atoms with Crippen LogP contribution in [-0.4, -0.2) is 19.2 Å². The number of carbonyl (C=O) groups is 1. The number of benzene rings is 2. The SMILES string of the molecule is O=C(CCCc1ccccc1)NCCc1cc(F)cc2c1OCOC2. The molecule has 0 fully saturated rings. The molecule has 0 aliphatic carbocycles. The molecule has 1 amide bonds. The first kappa shape index (κ1) is 17.4. The number of ether oxygens (including phenoxy) is 2. The summed E-state index contributed by atoms with van der Waals surface area (Å²) >= 11 is 0. The number of nitrogens with one attached hydrogen (secondary N) is 1. The predicted octanol–water partition coefficient (Wildman–Crippen LogP) is 3.37. The second-order valence-corrected chi connectivity index (χ2v) is 6.10. The van der Waals surface area contributed by atoms with E-state index in [1.165, 1.54) is 17.7 Å². The molecule has 0 unspecified atom stereocenters. The Morgan fingerprint density at radius 2 is 2.00 bits per heavy atom. The molecule has 132 valence electrons. The van der Waals surface area contributed by atoms with Gasteiger partial charge in [0, 0.05) is 18.5 Å². The summed E-state index contributed by atoms with van der Waals surface area (Å²) < 4.78 is 24.3. The first-order chi connectivity index (χ1) is 12.2. The third-order valence-electron chi connectivity index (χ3n) is 4.18. The quantitative estimate of drug-likeness (QED) is 0.838. The molecule has 1 N–H and O–H groups in total. The van der Waals surface area contributed by atoms with Gasteiger partial charge >= 0.3 is 0 Å². The highest BCUT2D eigenvalue weighted by atomic mass is 19.1. The monoisotopic (exact) mass is 343 g/mol. The van der Waals surface area contributed by atoms with E-state index in [0.717, 1.165) is 24.0 Å². The summed E-state index contributed by atoms with van der Waals surface area (Å²) in [6.45, 7) is 0.994. The number of carbonyl (C=O) groups excluding carboxylic acids is 1. The van der Waals surface area contributed by atoms with E-state index < -0.39 is 0 Å². The summed E-state index contributed by atoms with van der Waals surface area (Å²) in [7, 11) is 0. The van der Waals surface area contributed by atoms with Crippen LogP contribution in [0.15, 0.2) is 42.5 Å². The van der Waals surface area contributed by atoms with Gasteiger partial charge in [0.15, 0.2) is 6.79 Å². The smallest absolute Gasteiger partial charge is 0.220 e. The summed E-state index contributed by atoms with van der Waals surface area (Å²) in [6.07, 6.45) is 2.72. The van der Waals surface area contributed by atoms with Crippen molar-refractivity contribution in [3.8, 4) is 5.75 Å². The van der Waals surface area contributed by atoms with Crippen LogP contribution in [0.1, 0.15) is 29.5 Å². The highest BCUT2D eigenvalue weighted by Gasteiger charge is 2.16. The highest BCUT2D eigenvalue weighted by Crippen LogP contribution is 2.29. The Bertz CT molecular complexity index is 718. The Hall–Kier alpha value is -2.40. The molecule has 1 aliphatic heterocycles. The van der Waals surface area contributed by atoms with Crippen molar-refractivity contribution in [1.82, 2.24) is 5.32 Å². The Balaban J connectivity index is 1.43. The van der Waals surface area contributed by atoms with Crippen molar-refractivity contribution < 1.29 is 18.7 Å². The van der Waals surface area contributed by atoms with Crippen molar-refractivity contribution in [2.75, 3.05) is 13.3 Å². The topological polar surface area (TPSA) is 47.6 Å². The molecule has 0 radical (unpaired) electrons. The van der Waals surface area contributed by atoms with E-state index in [4.69, 9.17) is 9.47 Å². The van der Waals surface area contributed by atoms with Crippen LogP contribution in [0.3, 0.4) is 0 Å². The maximum Gasteiger partial charge on any atom is 0.220 e. The zero-order valence-corrected chi connectivity index (χ0v) is 14.1. The van der Waals surface area contributed by atoms with E-state index in [-0.39, 0.29) is 18.5 Å². The minimum Gasteiger partial charge on any atom is -0.467 e. The number of fused-ring (bicyclic) bond motifs is 1. The van der Waals surface area contributed by atoms with Crippen molar-refractivity contribution in [3.63, 3.8) is 0 Å². The maximum absolute atomic E-state index is 13.7. The van der Waals surface area contributed by atoms with Crippen molar-refractivity contribution in [1.29, 1.82) is 0 Å². The van der Waals surface area contributed by atoms with E-state index in [0.29, 0.717) is 31.7 Å². The minimum atomic E-state index is -0.308. The Kier molecular flexibility index (Phi) is 6.01. The molecule has 1 aliphatic rings. The molecule has 2 aromatic carbocycles. The number of halogens is 1. The van der Waals surface area contributed by atoms with E-state index in [2.05, 4.69) is 17.4 Å². The van der Waals surface area contributed by atoms with Gasteiger partial charge in [-0.1, -0.05) is 30.3 Å². The van der Waals surface area contributed by atoms with Crippen LogP contribution in [0, 0.1) is 5.82 Å². The molecular formula is C20H22FNO3. The summed E-state index contributed by atoms with van der Waals surface area (Å²) in [6, 6.07) is 13.0. The first-order valence-corrected chi connectivity index (χ1v) is 8.55. The molecule has 0 spiro atoms. The van der Waals surface area contributed by atoms with Crippen molar-refractivity contribution >= 4 is 5.91 Å². The van der Waals surface area contributed by atoms with Crippen LogP contribution in [0.2, 0.25) is 0 Å². The van der Waals surface area contributed by atoms with Gasteiger partial charge in [-0.2, -0.15) is 0 Å². The molecule has 0 bridgehead atoms. The second-order valence-electron chi connectivity index (χ2n) is 6.10. The van der Waals surface area contributed by atoms with Gasteiger partial charge in [0.2, 0.25) is 5.91 Å². The average molecular weight is 343 g/mol. The molecule has 2 aromatic rings. The largest absolute Gasteiger partial charge is 0.467 e. The maximum atomic E-state index is 13.7. The summed E-state index contributed by atoms with van der Waals surface area (Å²) in [4.78, 5) is 11.9. The van der Waals surface area contributed by atoms with Gasteiger partial charge in [0.05, 0.1) is 6.61 Å². The number of aryl methyl sites for hydroxylation is 1. The number of rotatable bonds is 7. The first-order valence-electron chi connectivity index (χ1n) is 8.55. The molecule has 0 saturated carbocycles. The van der Waals surface area contributed by atoms with E-state index in [9.17, 15) is 9.18 Å². The third-order valence-corrected chi connectivity index (χ3v) is 4.18.